The summed E-state index contributed by atoms with van der Waals surface area (Å²) in [6.45, 7) is 3.91. The predicted octanol–water partition coefficient (Wildman–Crippen LogP) is 7.12. The summed E-state index contributed by atoms with van der Waals surface area (Å²) in [6, 6.07) is 21.7. The third kappa shape index (κ3) is 6.31. The minimum absolute atomic E-state index is 0.0875. The van der Waals surface area contributed by atoms with E-state index in [1.54, 1.807) is 12.1 Å². The number of halogens is 1. The van der Waals surface area contributed by atoms with Crippen molar-refractivity contribution >= 4 is 36.0 Å². The molecule has 0 aliphatic carbocycles. The van der Waals surface area contributed by atoms with Gasteiger partial charge in [-0.25, -0.2) is 4.39 Å². The Morgan fingerprint density at radius 1 is 1.00 bits per heavy atom. The van der Waals surface area contributed by atoms with Crippen LogP contribution in [0, 0.1) is 5.82 Å². The van der Waals surface area contributed by atoms with Crippen molar-refractivity contribution in [1.82, 2.24) is 4.98 Å². The van der Waals surface area contributed by atoms with E-state index in [0.717, 1.165) is 22.2 Å². The van der Waals surface area contributed by atoms with Crippen LogP contribution >= 0.6 is 7.37 Å². The van der Waals surface area contributed by atoms with E-state index in [9.17, 15) is 23.4 Å². The van der Waals surface area contributed by atoms with Crippen LogP contribution in [0.4, 0.5) is 4.39 Å². The highest BCUT2D eigenvalue weighted by molar-refractivity contribution is 7.62. The van der Waals surface area contributed by atoms with Gasteiger partial charge in [0.05, 0.1) is 17.5 Å². The Balaban J connectivity index is 1.91. The number of fused-ring (bicyclic) bond motifs is 1. The van der Waals surface area contributed by atoms with Crippen molar-refractivity contribution in [2.75, 3.05) is 6.16 Å². The summed E-state index contributed by atoms with van der Waals surface area (Å²) in [5, 5.41) is 10.9. The number of benzene rings is 3. The summed E-state index contributed by atoms with van der Waals surface area (Å²) >= 11 is 0. The molecule has 1 unspecified atom stereocenters. The number of pyridine rings is 1. The Labute approximate surface area is 219 Å². The lowest BCUT2D eigenvalue weighted by atomic mass is 9.91. The largest absolute Gasteiger partial charge is 0.481 e. The van der Waals surface area contributed by atoms with E-state index in [0.29, 0.717) is 28.1 Å². The van der Waals surface area contributed by atoms with Gasteiger partial charge in [-0.2, -0.15) is 0 Å². The first-order valence-electron chi connectivity index (χ1n) is 12.1. The topological polar surface area (TPSA) is 105 Å². The first-order chi connectivity index (χ1) is 18.0. The molecule has 38 heavy (non-hydrogen) atoms. The van der Waals surface area contributed by atoms with E-state index >= 15 is 0 Å². The van der Waals surface area contributed by atoms with Gasteiger partial charge in [0.15, 0.2) is 5.78 Å². The molecule has 0 bridgehead atoms. The third-order valence-corrected chi connectivity index (χ3v) is 7.50. The number of hydrogen-bond donors (Lipinski definition) is 2. The second-order valence-corrected chi connectivity index (χ2v) is 11.5. The second-order valence-electron chi connectivity index (χ2n) is 9.38. The molecule has 1 heterocycles. The zero-order valence-corrected chi connectivity index (χ0v) is 21.9. The molecule has 0 aliphatic rings. The van der Waals surface area contributed by atoms with Gasteiger partial charge < -0.3 is 10.00 Å². The number of aromatic nitrogens is 1. The van der Waals surface area contributed by atoms with Crippen LogP contribution in [0.3, 0.4) is 0 Å². The van der Waals surface area contributed by atoms with Crippen molar-refractivity contribution in [3.63, 3.8) is 0 Å². The van der Waals surface area contributed by atoms with Crippen LogP contribution in [0.2, 0.25) is 0 Å². The number of aliphatic carboxylic acids is 1. The average Bonchev–Trinajstić information content (AvgIpc) is 2.86. The fraction of sp³-hybridized carbons (Fsp3) is 0.167. The quantitative estimate of drug-likeness (QED) is 0.176. The maximum absolute atomic E-state index is 13.8. The number of hydrogen-bond acceptors (Lipinski definition) is 4. The maximum Gasteiger partial charge on any atom is 0.310 e. The molecule has 1 atom stereocenters. The molecular formula is C30H27FNO5P. The molecule has 0 amide bonds. The molecule has 194 valence electrons. The molecule has 4 aromatic rings. The number of carboxylic acid groups (broad SMARTS) is 1. The number of carbonyl (C=O) groups is 2. The molecule has 3 aromatic carbocycles. The van der Waals surface area contributed by atoms with Crippen molar-refractivity contribution in [3.05, 3.63) is 95.7 Å². The molecule has 0 radical (unpaired) electrons. The molecule has 6 nitrogen and oxygen atoms in total. The Morgan fingerprint density at radius 3 is 2.37 bits per heavy atom. The molecule has 8 heteroatoms. The van der Waals surface area contributed by atoms with E-state index in [1.807, 2.05) is 62.4 Å². The number of carbonyl (C=O) groups excluding carboxylic acids is 1. The van der Waals surface area contributed by atoms with E-state index in [4.69, 9.17) is 10.1 Å². The summed E-state index contributed by atoms with van der Waals surface area (Å²) in [5.74, 6) is -1.61. The smallest absolute Gasteiger partial charge is 0.310 e. The van der Waals surface area contributed by atoms with Crippen LogP contribution in [0.15, 0.2) is 78.6 Å². The number of carboxylic acids is 1. The van der Waals surface area contributed by atoms with Gasteiger partial charge in [0.1, 0.15) is 12.2 Å². The third-order valence-electron chi connectivity index (χ3n) is 6.08. The van der Waals surface area contributed by atoms with E-state index in [2.05, 4.69) is 0 Å². The molecular weight excluding hydrogens is 504 g/mol. The minimum Gasteiger partial charge on any atom is -0.481 e. The first-order valence-corrected chi connectivity index (χ1v) is 14.0. The van der Waals surface area contributed by atoms with Crippen LogP contribution in [0.25, 0.3) is 39.2 Å². The van der Waals surface area contributed by atoms with Gasteiger partial charge in [0.2, 0.25) is 7.37 Å². The Hall–Kier alpha value is -3.93. The fourth-order valence-electron chi connectivity index (χ4n) is 4.37. The van der Waals surface area contributed by atoms with Crippen molar-refractivity contribution in [2.24, 2.45) is 0 Å². The highest BCUT2D eigenvalue weighted by atomic mass is 31.2. The van der Waals surface area contributed by atoms with Gasteiger partial charge in [0, 0.05) is 16.9 Å². The van der Waals surface area contributed by atoms with Crippen molar-refractivity contribution < 1.29 is 28.5 Å². The summed E-state index contributed by atoms with van der Waals surface area (Å²) in [7, 11) is -4.12. The molecule has 0 saturated heterocycles. The summed E-state index contributed by atoms with van der Waals surface area (Å²) in [6.07, 6.45) is -0.138. The highest BCUT2D eigenvalue weighted by Crippen LogP contribution is 2.44. The molecule has 0 fully saturated rings. The normalized spacial score (nSPS) is 13.2. The zero-order valence-electron chi connectivity index (χ0n) is 21.0. The number of ketones is 1. The Morgan fingerprint density at radius 2 is 1.68 bits per heavy atom. The molecule has 0 spiro atoms. The fourth-order valence-corrected chi connectivity index (χ4v) is 5.47. The first kappa shape index (κ1) is 27.1. The van der Waals surface area contributed by atoms with Crippen molar-refractivity contribution in [2.45, 2.75) is 26.2 Å². The van der Waals surface area contributed by atoms with E-state index < -0.39 is 37.5 Å². The Bertz CT molecular complexity index is 1590. The lowest BCUT2D eigenvalue weighted by molar-refractivity contribution is -0.139. The SMILES string of the molecule is CC(C)c1nc(-c2cccc3ccccc23)cc(-c2ccc(F)cc2)c1C=CP(=O)(O)CC(=O)CC(=O)O. The summed E-state index contributed by atoms with van der Waals surface area (Å²) in [4.78, 5) is 38.1. The summed E-state index contributed by atoms with van der Waals surface area (Å²) in [5.41, 5.74) is 4.20. The second kappa shape index (κ2) is 11.2. The summed E-state index contributed by atoms with van der Waals surface area (Å²) < 4.78 is 26.5. The lowest BCUT2D eigenvalue weighted by Gasteiger charge is -2.18. The van der Waals surface area contributed by atoms with Crippen molar-refractivity contribution in [3.8, 4) is 22.4 Å². The molecule has 2 N–H and O–H groups in total. The van der Waals surface area contributed by atoms with E-state index in [-0.39, 0.29) is 5.92 Å². The maximum atomic E-state index is 13.8. The van der Waals surface area contributed by atoms with Crippen LogP contribution in [0.5, 0.6) is 0 Å². The van der Waals surface area contributed by atoms with Gasteiger partial charge in [-0.1, -0.05) is 68.4 Å². The minimum atomic E-state index is -4.12. The number of nitrogens with zero attached hydrogens (tertiary/aromatic N) is 1. The van der Waals surface area contributed by atoms with Gasteiger partial charge in [-0.3, -0.25) is 19.1 Å². The van der Waals surface area contributed by atoms with Crippen LogP contribution in [-0.4, -0.2) is 32.9 Å². The number of rotatable bonds is 9. The molecule has 0 saturated carbocycles. The highest BCUT2D eigenvalue weighted by Gasteiger charge is 2.23. The average molecular weight is 532 g/mol. The molecule has 4 rings (SSSR count). The van der Waals surface area contributed by atoms with Gasteiger partial charge in [-0.05, 0) is 52.1 Å². The predicted molar refractivity (Wildman–Crippen MR) is 148 cm³/mol. The Kier molecular flexibility index (Phi) is 8.00. The van der Waals surface area contributed by atoms with Gasteiger partial charge in [-0.15, -0.1) is 0 Å². The monoisotopic (exact) mass is 531 g/mol. The molecule has 0 aliphatic heterocycles. The zero-order chi connectivity index (χ0) is 27.4. The lowest BCUT2D eigenvalue weighted by Crippen LogP contribution is -2.10. The van der Waals surface area contributed by atoms with Crippen LogP contribution in [-0.2, 0) is 14.2 Å². The van der Waals surface area contributed by atoms with Crippen LogP contribution in [0.1, 0.15) is 37.4 Å². The molecule has 1 aromatic heterocycles. The van der Waals surface area contributed by atoms with E-state index in [1.165, 1.54) is 18.2 Å². The van der Waals surface area contributed by atoms with Crippen molar-refractivity contribution in [1.29, 1.82) is 0 Å². The number of Topliss-reactive ketones (excluding diaryl/α,β-unsaturated/α-hetero) is 1. The van der Waals surface area contributed by atoms with Gasteiger partial charge >= 0.3 is 5.97 Å². The van der Waals surface area contributed by atoms with Crippen LogP contribution < -0.4 is 0 Å². The standard InChI is InChI=1S/C30H27FNO5P/c1-19(2)30-26(14-15-38(36,37)18-23(33)16-29(34)35)27(21-10-12-22(31)13-11-21)17-28(32-30)25-9-5-7-20-6-3-4-8-24(20)25/h3-15,17,19H,16,18H2,1-2H3,(H,34,35)(H,36,37). The van der Waals surface area contributed by atoms with Gasteiger partial charge in [0.25, 0.3) is 0 Å².